The number of esters is 1. The molecule has 19 heavy (non-hydrogen) atoms. The smallest absolute Gasteiger partial charge is 0.306 e. The Balaban J connectivity index is 2.35. The van der Waals surface area contributed by atoms with Gasteiger partial charge in [0.1, 0.15) is 5.82 Å². The van der Waals surface area contributed by atoms with Gasteiger partial charge in [-0.3, -0.25) is 9.59 Å². The van der Waals surface area contributed by atoms with Gasteiger partial charge >= 0.3 is 5.97 Å². The molecule has 5 nitrogen and oxygen atoms in total. The zero-order chi connectivity index (χ0) is 14.3. The van der Waals surface area contributed by atoms with Crippen LogP contribution in [0.5, 0.6) is 0 Å². The highest BCUT2D eigenvalue weighted by molar-refractivity contribution is 7.99. The standard InChI is InChI=1S/C12H15FN2O3S/c1-18-12(17)4-5-19-7-11(16)15-10-6-8(13)2-3-9(10)14/h2-3,6H,4-5,7,14H2,1H3,(H,15,16). The van der Waals surface area contributed by atoms with Crippen molar-refractivity contribution < 1.29 is 18.7 Å². The summed E-state index contributed by atoms with van der Waals surface area (Å²) in [5, 5.41) is 2.51. The van der Waals surface area contributed by atoms with Gasteiger partial charge in [0.15, 0.2) is 0 Å². The molecule has 1 aromatic rings. The third-order valence-corrected chi connectivity index (χ3v) is 3.16. The summed E-state index contributed by atoms with van der Waals surface area (Å²) >= 11 is 1.29. The maximum Gasteiger partial charge on any atom is 0.306 e. The molecule has 0 fully saturated rings. The van der Waals surface area contributed by atoms with Crippen LogP contribution in [0.4, 0.5) is 15.8 Å². The molecule has 0 aromatic heterocycles. The SMILES string of the molecule is COC(=O)CCSCC(=O)Nc1cc(F)ccc1N. The van der Waals surface area contributed by atoms with E-state index in [1.165, 1.54) is 31.0 Å². The molecule has 1 rings (SSSR count). The molecule has 0 saturated heterocycles. The Kier molecular flexibility index (Phi) is 6.14. The lowest BCUT2D eigenvalue weighted by Gasteiger charge is -2.07. The first kappa shape index (κ1) is 15.3. The number of nitrogens with two attached hydrogens (primary N) is 1. The van der Waals surface area contributed by atoms with E-state index in [9.17, 15) is 14.0 Å². The Morgan fingerprint density at radius 3 is 2.89 bits per heavy atom. The largest absolute Gasteiger partial charge is 0.469 e. The third kappa shape index (κ3) is 5.60. The number of carbonyl (C=O) groups excluding carboxylic acids is 2. The minimum Gasteiger partial charge on any atom is -0.469 e. The van der Waals surface area contributed by atoms with E-state index in [-0.39, 0.29) is 29.7 Å². The molecule has 0 aliphatic heterocycles. The second-order valence-electron chi connectivity index (χ2n) is 3.66. The average Bonchev–Trinajstić information content (AvgIpc) is 2.38. The number of anilines is 2. The van der Waals surface area contributed by atoms with Crippen molar-refractivity contribution in [1.29, 1.82) is 0 Å². The van der Waals surface area contributed by atoms with Crippen molar-refractivity contribution in [1.82, 2.24) is 0 Å². The molecular formula is C12H15FN2O3S. The van der Waals surface area contributed by atoms with Gasteiger partial charge in [-0.25, -0.2) is 4.39 Å². The van der Waals surface area contributed by atoms with Crippen LogP contribution in [0, 0.1) is 5.82 Å². The number of nitrogen functional groups attached to an aromatic ring is 1. The summed E-state index contributed by atoms with van der Waals surface area (Å²) in [6, 6.07) is 3.76. The molecule has 0 aliphatic rings. The number of benzene rings is 1. The molecular weight excluding hydrogens is 271 g/mol. The Labute approximate surface area is 114 Å². The molecule has 104 valence electrons. The van der Waals surface area contributed by atoms with Crippen LogP contribution in [0.15, 0.2) is 18.2 Å². The van der Waals surface area contributed by atoms with Crippen LogP contribution in [-0.4, -0.2) is 30.5 Å². The van der Waals surface area contributed by atoms with Gasteiger partial charge in [-0.2, -0.15) is 11.8 Å². The second-order valence-corrected chi connectivity index (χ2v) is 4.76. The number of hydrogen-bond acceptors (Lipinski definition) is 5. The van der Waals surface area contributed by atoms with Gasteiger partial charge in [0, 0.05) is 5.75 Å². The minimum atomic E-state index is -0.470. The van der Waals surface area contributed by atoms with E-state index in [4.69, 9.17) is 5.73 Å². The quantitative estimate of drug-likeness (QED) is 0.472. The van der Waals surface area contributed by atoms with Gasteiger partial charge in [0.05, 0.1) is 30.7 Å². The van der Waals surface area contributed by atoms with Gasteiger partial charge in [-0.05, 0) is 18.2 Å². The summed E-state index contributed by atoms with van der Waals surface area (Å²) in [5.74, 6) is -0.441. The van der Waals surface area contributed by atoms with Gasteiger partial charge in [-0.15, -0.1) is 0 Å². The van der Waals surface area contributed by atoms with E-state index in [0.29, 0.717) is 11.4 Å². The highest BCUT2D eigenvalue weighted by atomic mass is 32.2. The van der Waals surface area contributed by atoms with Crippen LogP contribution in [-0.2, 0) is 14.3 Å². The fourth-order valence-corrected chi connectivity index (χ4v) is 1.96. The summed E-state index contributed by atoms with van der Waals surface area (Å²) < 4.78 is 17.4. The molecule has 0 heterocycles. The molecule has 1 aromatic carbocycles. The Bertz CT molecular complexity index is 468. The first-order valence-electron chi connectivity index (χ1n) is 5.52. The van der Waals surface area contributed by atoms with Crippen molar-refractivity contribution in [2.45, 2.75) is 6.42 Å². The maximum absolute atomic E-state index is 13.0. The molecule has 0 spiro atoms. The van der Waals surface area contributed by atoms with E-state index in [1.54, 1.807) is 0 Å². The van der Waals surface area contributed by atoms with Crippen molar-refractivity contribution in [3.05, 3.63) is 24.0 Å². The van der Waals surface area contributed by atoms with E-state index in [2.05, 4.69) is 10.1 Å². The topological polar surface area (TPSA) is 81.4 Å². The number of thioether (sulfide) groups is 1. The van der Waals surface area contributed by atoms with E-state index in [0.717, 1.165) is 6.07 Å². The number of carbonyl (C=O) groups is 2. The van der Waals surface area contributed by atoms with E-state index in [1.807, 2.05) is 0 Å². The van der Waals surface area contributed by atoms with Crippen LogP contribution < -0.4 is 11.1 Å². The average molecular weight is 286 g/mol. The lowest BCUT2D eigenvalue weighted by Crippen LogP contribution is -2.16. The van der Waals surface area contributed by atoms with Crippen molar-refractivity contribution in [2.24, 2.45) is 0 Å². The third-order valence-electron chi connectivity index (χ3n) is 2.20. The lowest BCUT2D eigenvalue weighted by atomic mass is 10.2. The zero-order valence-corrected chi connectivity index (χ0v) is 11.3. The highest BCUT2D eigenvalue weighted by Crippen LogP contribution is 2.19. The number of rotatable bonds is 6. The Hall–Kier alpha value is -1.76. The predicted molar refractivity (Wildman–Crippen MR) is 73.4 cm³/mol. The number of nitrogens with one attached hydrogen (secondary N) is 1. The van der Waals surface area contributed by atoms with Crippen LogP contribution in [0.2, 0.25) is 0 Å². The van der Waals surface area contributed by atoms with Crippen molar-refractivity contribution in [2.75, 3.05) is 29.7 Å². The maximum atomic E-state index is 13.0. The fourth-order valence-electron chi connectivity index (χ4n) is 1.25. The molecule has 7 heteroatoms. The van der Waals surface area contributed by atoms with Gasteiger partial charge in [-0.1, -0.05) is 0 Å². The molecule has 0 aliphatic carbocycles. The fraction of sp³-hybridized carbons (Fsp3) is 0.333. The van der Waals surface area contributed by atoms with E-state index >= 15 is 0 Å². The van der Waals surface area contributed by atoms with Crippen LogP contribution >= 0.6 is 11.8 Å². The Morgan fingerprint density at radius 2 is 2.21 bits per heavy atom. The number of ether oxygens (including phenoxy) is 1. The van der Waals surface area contributed by atoms with Crippen molar-refractivity contribution in [3.8, 4) is 0 Å². The highest BCUT2D eigenvalue weighted by Gasteiger charge is 2.07. The molecule has 0 bridgehead atoms. The zero-order valence-electron chi connectivity index (χ0n) is 10.4. The number of halogens is 1. The molecule has 0 unspecified atom stereocenters. The van der Waals surface area contributed by atoms with Gasteiger partial charge in [0.2, 0.25) is 5.91 Å². The van der Waals surface area contributed by atoms with Gasteiger partial charge < -0.3 is 15.8 Å². The summed E-state index contributed by atoms with van der Waals surface area (Å²) in [6.07, 6.45) is 0.247. The first-order valence-corrected chi connectivity index (χ1v) is 6.68. The first-order chi connectivity index (χ1) is 9.02. The van der Waals surface area contributed by atoms with Crippen molar-refractivity contribution in [3.63, 3.8) is 0 Å². The summed E-state index contributed by atoms with van der Waals surface area (Å²) in [7, 11) is 1.31. The van der Waals surface area contributed by atoms with Crippen LogP contribution in [0.25, 0.3) is 0 Å². The molecule has 0 saturated carbocycles. The summed E-state index contributed by atoms with van der Waals surface area (Å²) in [5.41, 5.74) is 6.15. The lowest BCUT2D eigenvalue weighted by molar-refractivity contribution is -0.140. The van der Waals surface area contributed by atoms with Crippen LogP contribution in [0.3, 0.4) is 0 Å². The Morgan fingerprint density at radius 1 is 1.47 bits per heavy atom. The number of amides is 1. The second kappa shape index (κ2) is 7.63. The van der Waals surface area contributed by atoms with E-state index < -0.39 is 5.82 Å². The molecule has 1 amide bonds. The monoisotopic (exact) mass is 286 g/mol. The number of hydrogen-bond donors (Lipinski definition) is 2. The van der Waals surface area contributed by atoms with Crippen LogP contribution in [0.1, 0.15) is 6.42 Å². The summed E-state index contributed by atoms with van der Waals surface area (Å²) in [6.45, 7) is 0. The molecule has 0 radical (unpaired) electrons. The predicted octanol–water partition coefficient (Wildman–Crippen LogP) is 1.64. The number of methoxy groups -OCH3 is 1. The van der Waals surface area contributed by atoms with Gasteiger partial charge in [0.25, 0.3) is 0 Å². The van der Waals surface area contributed by atoms with Crippen molar-refractivity contribution >= 4 is 35.0 Å². The normalized spacial score (nSPS) is 10.0. The molecule has 3 N–H and O–H groups in total. The minimum absolute atomic E-state index is 0.160. The summed E-state index contributed by atoms with van der Waals surface area (Å²) in [4.78, 5) is 22.4. The molecule has 0 atom stereocenters.